The van der Waals surface area contributed by atoms with Gasteiger partial charge in [-0.25, -0.2) is 4.99 Å². The van der Waals surface area contributed by atoms with Gasteiger partial charge in [0.25, 0.3) is 0 Å². The second kappa shape index (κ2) is 14.1. The van der Waals surface area contributed by atoms with Crippen LogP contribution in [0.3, 0.4) is 0 Å². The Kier molecular flexibility index (Phi) is 11.7. The average molecular weight is 392 g/mol. The number of carbonyl (C=O) groups excluding carboxylic acids is 1. The molecule has 4 nitrogen and oxygen atoms in total. The highest BCUT2D eigenvalue weighted by atomic mass is 16.2. The Morgan fingerprint density at radius 3 is 2.52 bits per heavy atom. The quantitative estimate of drug-likeness (QED) is 0.409. The van der Waals surface area contributed by atoms with Crippen molar-refractivity contribution in [1.29, 1.82) is 0 Å². The molecule has 0 spiro atoms. The minimum atomic E-state index is -0.470. The summed E-state index contributed by atoms with van der Waals surface area (Å²) in [4.78, 5) is 17.3. The van der Waals surface area contributed by atoms with Crippen molar-refractivity contribution in [3.05, 3.63) is 96.4 Å². The van der Waals surface area contributed by atoms with Gasteiger partial charge in [0.1, 0.15) is 11.9 Å². The smallest absolute Gasteiger partial charge is 0.246 e. The molecule has 0 aliphatic carbocycles. The first kappa shape index (κ1) is 24.1. The summed E-state index contributed by atoms with van der Waals surface area (Å²) in [5.74, 6) is 0.652. The van der Waals surface area contributed by atoms with Gasteiger partial charge in [0, 0.05) is 12.8 Å². The van der Waals surface area contributed by atoms with Crippen LogP contribution in [-0.4, -0.2) is 24.7 Å². The van der Waals surface area contributed by atoms with Crippen LogP contribution in [0.15, 0.2) is 95.8 Å². The molecule has 0 heterocycles. The van der Waals surface area contributed by atoms with Crippen LogP contribution in [0.4, 0.5) is 0 Å². The predicted molar refractivity (Wildman–Crippen MR) is 125 cm³/mol. The fraction of sp³-hybridized carbons (Fsp3) is 0.280. The molecule has 0 saturated heterocycles. The van der Waals surface area contributed by atoms with E-state index in [4.69, 9.17) is 0 Å². The molecular weight excluding hydrogens is 358 g/mol. The first-order valence-electron chi connectivity index (χ1n) is 9.90. The van der Waals surface area contributed by atoms with Crippen LogP contribution in [0, 0.1) is 0 Å². The van der Waals surface area contributed by atoms with Crippen molar-refractivity contribution < 1.29 is 4.79 Å². The molecule has 4 heteroatoms. The first-order valence-corrected chi connectivity index (χ1v) is 9.90. The third-order valence-electron chi connectivity index (χ3n) is 4.34. The van der Waals surface area contributed by atoms with E-state index in [-0.39, 0.29) is 11.8 Å². The lowest BCUT2D eigenvalue weighted by molar-refractivity contribution is -0.121. The Labute approximate surface area is 175 Å². The van der Waals surface area contributed by atoms with E-state index in [1.807, 2.05) is 69.4 Å². The summed E-state index contributed by atoms with van der Waals surface area (Å²) in [6.07, 6.45) is 14.5. The van der Waals surface area contributed by atoms with Crippen LogP contribution < -0.4 is 10.6 Å². The molecule has 0 aliphatic heterocycles. The lowest BCUT2D eigenvalue weighted by Crippen LogP contribution is -2.45. The van der Waals surface area contributed by atoms with E-state index in [2.05, 4.69) is 41.3 Å². The van der Waals surface area contributed by atoms with Gasteiger partial charge in [-0.05, 0) is 50.0 Å². The SMILES string of the molecule is C=C/C=C\C=C(/C)[C@@H](NCC(C)c1ccccc1)C(=O)NC(=C/C)/N=C\C=C/C. The molecule has 0 radical (unpaired) electrons. The van der Waals surface area contributed by atoms with E-state index in [1.54, 1.807) is 18.4 Å². The Balaban J connectivity index is 2.94. The largest absolute Gasteiger partial charge is 0.309 e. The molecule has 0 aromatic heterocycles. The lowest BCUT2D eigenvalue weighted by atomic mass is 10.00. The summed E-state index contributed by atoms with van der Waals surface area (Å²) < 4.78 is 0. The first-order chi connectivity index (χ1) is 14.0. The number of carbonyl (C=O) groups is 1. The molecule has 29 heavy (non-hydrogen) atoms. The fourth-order valence-corrected chi connectivity index (χ4v) is 2.62. The number of hydrogen-bond donors (Lipinski definition) is 2. The molecule has 1 unspecified atom stereocenters. The highest BCUT2D eigenvalue weighted by Gasteiger charge is 2.21. The fourth-order valence-electron chi connectivity index (χ4n) is 2.62. The lowest BCUT2D eigenvalue weighted by Gasteiger charge is -2.22. The number of aliphatic imine (C=N–C) groups is 1. The van der Waals surface area contributed by atoms with Crippen molar-refractivity contribution in [1.82, 2.24) is 10.6 Å². The standard InChI is InChI=1S/C25H33N3O/c1-6-9-12-15-20(4)24(25(29)28-23(8-3)26-18-10-7-2)27-19-21(5)22-16-13-11-14-17-22/h6-18,21,24,27H,1,19H2,2-5H3,(H,28,29)/b10-7-,12-9-,20-15+,23-8+,26-18-/t21?,24-/m1/s1. The normalized spacial score (nSPS) is 15.2. The van der Waals surface area contributed by atoms with Gasteiger partial charge in [-0.1, -0.05) is 74.2 Å². The number of amides is 1. The van der Waals surface area contributed by atoms with E-state index in [1.165, 1.54) is 5.56 Å². The minimum absolute atomic E-state index is 0.142. The van der Waals surface area contributed by atoms with Gasteiger partial charge in [-0.3, -0.25) is 4.79 Å². The van der Waals surface area contributed by atoms with Crippen molar-refractivity contribution in [2.45, 2.75) is 39.7 Å². The maximum absolute atomic E-state index is 13.0. The summed E-state index contributed by atoms with van der Waals surface area (Å²) in [5.41, 5.74) is 2.14. The van der Waals surface area contributed by atoms with Crippen LogP contribution in [0.1, 0.15) is 39.2 Å². The van der Waals surface area contributed by atoms with E-state index < -0.39 is 6.04 Å². The van der Waals surface area contributed by atoms with E-state index >= 15 is 0 Å². The minimum Gasteiger partial charge on any atom is -0.309 e. The van der Waals surface area contributed by atoms with E-state index in [0.29, 0.717) is 12.4 Å². The van der Waals surface area contributed by atoms with Crippen molar-refractivity contribution >= 4 is 12.1 Å². The highest BCUT2D eigenvalue weighted by molar-refractivity contribution is 5.86. The van der Waals surface area contributed by atoms with E-state index in [9.17, 15) is 4.79 Å². The number of benzene rings is 1. The van der Waals surface area contributed by atoms with Gasteiger partial charge in [0.2, 0.25) is 5.91 Å². The molecular formula is C25H33N3O. The van der Waals surface area contributed by atoms with Crippen LogP contribution >= 0.6 is 0 Å². The molecule has 1 amide bonds. The zero-order valence-corrected chi connectivity index (χ0v) is 17.9. The Morgan fingerprint density at radius 1 is 1.17 bits per heavy atom. The molecule has 154 valence electrons. The van der Waals surface area contributed by atoms with Gasteiger partial charge in [-0.15, -0.1) is 0 Å². The van der Waals surface area contributed by atoms with Crippen LogP contribution in [-0.2, 0) is 4.79 Å². The molecule has 1 aromatic carbocycles. The zero-order valence-electron chi connectivity index (χ0n) is 17.9. The molecule has 1 rings (SSSR count). The second-order valence-corrected chi connectivity index (χ2v) is 6.65. The van der Waals surface area contributed by atoms with Crippen molar-refractivity contribution in [3.63, 3.8) is 0 Å². The number of nitrogens with one attached hydrogen (secondary N) is 2. The van der Waals surface area contributed by atoms with E-state index in [0.717, 1.165) is 5.57 Å². The van der Waals surface area contributed by atoms with Gasteiger partial charge in [0.05, 0.1) is 0 Å². The van der Waals surface area contributed by atoms with Crippen LogP contribution in [0.2, 0.25) is 0 Å². The zero-order chi connectivity index (χ0) is 21.5. The molecule has 2 atom stereocenters. The van der Waals surface area contributed by atoms with Gasteiger partial charge >= 0.3 is 0 Å². The summed E-state index contributed by atoms with van der Waals surface area (Å²) in [5, 5.41) is 6.31. The molecule has 0 fully saturated rings. The number of hydrogen-bond acceptors (Lipinski definition) is 3. The summed E-state index contributed by atoms with van der Waals surface area (Å²) in [7, 11) is 0. The summed E-state index contributed by atoms with van der Waals surface area (Å²) in [6, 6.07) is 9.80. The average Bonchev–Trinajstić information content (AvgIpc) is 2.73. The number of nitrogens with zero attached hydrogens (tertiary/aromatic N) is 1. The van der Waals surface area contributed by atoms with Crippen molar-refractivity contribution in [2.75, 3.05) is 6.54 Å². The van der Waals surface area contributed by atoms with Gasteiger partial charge in [0.15, 0.2) is 0 Å². The highest BCUT2D eigenvalue weighted by Crippen LogP contribution is 2.14. The van der Waals surface area contributed by atoms with Crippen LogP contribution in [0.25, 0.3) is 0 Å². The summed E-state index contributed by atoms with van der Waals surface area (Å²) >= 11 is 0. The Hall–Kier alpha value is -2.98. The Morgan fingerprint density at radius 2 is 1.90 bits per heavy atom. The van der Waals surface area contributed by atoms with Gasteiger partial charge < -0.3 is 10.6 Å². The van der Waals surface area contributed by atoms with Gasteiger partial charge in [-0.2, -0.15) is 0 Å². The Bertz CT molecular complexity index is 786. The second-order valence-electron chi connectivity index (χ2n) is 6.65. The summed E-state index contributed by atoms with van der Waals surface area (Å²) in [6.45, 7) is 12.2. The number of rotatable bonds is 11. The molecule has 0 saturated carbocycles. The predicted octanol–water partition coefficient (Wildman–Crippen LogP) is 5.06. The van der Waals surface area contributed by atoms with Crippen molar-refractivity contribution in [3.8, 4) is 0 Å². The molecule has 0 aliphatic rings. The number of allylic oxidation sites excluding steroid dienone is 7. The molecule has 0 bridgehead atoms. The molecule has 2 N–H and O–H groups in total. The molecule has 1 aromatic rings. The topological polar surface area (TPSA) is 53.5 Å². The monoisotopic (exact) mass is 391 g/mol. The third kappa shape index (κ3) is 9.17. The third-order valence-corrected chi connectivity index (χ3v) is 4.34. The van der Waals surface area contributed by atoms with Crippen LogP contribution in [0.5, 0.6) is 0 Å². The maximum Gasteiger partial charge on any atom is 0.246 e. The van der Waals surface area contributed by atoms with Crippen molar-refractivity contribution in [2.24, 2.45) is 4.99 Å². The maximum atomic E-state index is 13.0.